The second-order valence-electron chi connectivity index (χ2n) is 7.81. The van der Waals surface area contributed by atoms with Crippen molar-refractivity contribution in [1.29, 1.82) is 0 Å². The quantitative estimate of drug-likeness (QED) is 0.543. The average molecular weight is 384 g/mol. The SMILES string of the molecule is CN=C(NCc1ccccc1OCC1CC1)NC(C)Cc1c(C)nn(C)c1C. The smallest absolute Gasteiger partial charge is 0.191 e. The molecule has 1 aromatic heterocycles. The Labute approximate surface area is 168 Å². The summed E-state index contributed by atoms with van der Waals surface area (Å²) in [6.45, 7) is 7.86. The fourth-order valence-corrected chi connectivity index (χ4v) is 3.36. The summed E-state index contributed by atoms with van der Waals surface area (Å²) in [5, 5.41) is 11.4. The molecule has 28 heavy (non-hydrogen) atoms. The molecule has 0 spiro atoms. The zero-order valence-electron chi connectivity index (χ0n) is 17.7. The molecule has 0 saturated heterocycles. The van der Waals surface area contributed by atoms with Crippen molar-refractivity contribution in [2.45, 2.75) is 52.6 Å². The molecule has 0 amide bonds. The summed E-state index contributed by atoms with van der Waals surface area (Å²) in [6.07, 6.45) is 3.50. The van der Waals surface area contributed by atoms with Crippen LogP contribution in [0.5, 0.6) is 5.75 Å². The largest absolute Gasteiger partial charge is 0.493 e. The van der Waals surface area contributed by atoms with Crippen molar-refractivity contribution in [3.05, 3.63) is 46.8 Å². The molecule has 1 heterocycles. The van der Waals surface area contributed by atoms with Crippen LogP contribution in [0.2, 0.25) is 0 Å². The van der Waals surface area contributed by atoms with Gasteiger partial charge in [-0.2, -0.15) is 5.10 Å². The number of aryl methyl sites for hydroxylation is 2. The third-order valence-electron chi connectivity index (χ3n) is 5.37. The van der Waals surface area contributed by atoms with E-state index in [9.17, 15) is 0 Å². The van der Waals surface area contributed by atoms with Crippen molar-refractivity contribution in [2.24, 2.45) is 18.0 Å². The lowest BCUT2D eigenvalue weighted by Crippen LogP contribution is -2.42. The summed E-state index contributed by atoms with van der Waals surface area (Å²) in [7, 11) is 3.80. The lowest BCUT2D eigenvalue weighted by atomic mass is 10.1. The molecule has 2 N–H and O–H groups in total. The second-order valence-corrected chi connectivity index (χ2v) is 7.81. The van der Waals surface area contributed by atoms with Crippen LogP contribution in [0.4, 0.5) is 0 Å². The predicted molar refractivity (Wildman–Crippen MR) is 114 cm³/mol. The summed E-state index contributed by atoms with van der Waals surface area (Å²) in [5.74, 6) is 2.51. The summed E-state index contributed by atoms with van der Waals surface area (Å²) < 4.78 is 7.95. The van der Waals surface area contributed by atoms with Gasteiger partial charge in [0.15, 0.2) is 5.96 Å². The van der Waals surface area contributed by atoms with Gasteiger partial charge >= 0.3 is 0 Å². The van der Waals surface area contributed by atoms with Gasteiger partial charge in [-0.05, 0) is 57.6 Å². The van der Waals surface area contributed by atoms with E-state index in [4.69, 9.17) is 4.74 Å². The van der Waals surface area contributed by atoms with E-state index in [2.05, 4.69) is 47.6 Å². The Hall–Kier alpha value is -2.50. The minimum absolute atomic E-state index is 0.245. The van der Waals surface area contributed by atoms with E-state index in [0.29, 0.717) is 6.54 Å². The van der Waals surface area contributed by atoms with Crippen LogP contribution in [-0.2, 0) is 20.0 Å². The van der Waals surface area contributed by atoms with Crippen molar-refractivity contribution in [3.8, 4) is 5.75 Å². The van der Waals surface area contributed by atoms with Gasteiger partial charge in [-0.15, -0.1) is 0 Å². The molecule has 3 rings (SSSR count). The summed E-state index contributed by atoms with van der Waals surface area (Å²) in [5.41, 5.74) is 4.77. The van der Waals surface area contributed by atoms with Crippen LogP contribution in [0.3, 0.4) is 0 Å². The van der Waals surface area contributed by atoms with Gasteiger partial charge < -0.3 is 15.4 Å². The second kappa shape index (κ2) is 9.13. The molecule has 1 unspecified atom stereocenters. The first-order valence-corrected chi connectivity index (χ1v) is 10.1. The molecule has 6 heteroatoms. The Morgan fingerprint density at radius 3 is 2.71 bits per heavy atom. The van der Waals surface area contributed by atoms with Gasteiger partial charge in [0.2, 0.25) is 0 Å². The number of nitrogens with one attached hydrogen (secondary N) is 2. The highest BCUT2D eigenvalue weighted by Gasteiger charge is 2.22. The van der Waals surface area contributed by atoms with Gasteiger partial charge in [-0.3, -0.25) is 9.67 Å². The lowest BCUT2D eigenvalue weighted by molar-refractivity contribution is 0.296. The van der Waals surface area contributed by atoms with Crippen LogP contribution < -0.4 is 15.4 Å². The number of aliphatic imine (C=N–C) groups is 1. The molecule has 1 aliphatic rings. The number of hydrogen-bond donors (Lipinski definition) is 2. The first-order chi connectivity index (χ1) is 13.5. The van der Waals surface area contributed by atoms with Gasteiger partial charge in [0.1, 0.15) is 5.75 Å². The number of aromatic nitrogens is 2. The van der Waals surface area contributed by atoms with Crippen LogP contribution in [0.25, 0.3) is 0 Å². The highest BCUT2D eigenvalue weighted by atomic mass is 16.5. The van der Waals surface area contributed by atoms with Gasteiger partial charge in [0.05, 0.1) is 12.3 Å². The first-order valence-electron chi connectivity index (χ1n) is 10.1. The van der Waals surface area contributed by atoms with Crippen molar-refractivity contribution < 1.29 is 4.74 Å². The minimum atomic E-state index is 0.245. The molecular weight excluding hydrogens is 350 g/mol. The van der Waals surface area contributed by atoms with Gasteiger partial charge in [0, 0.05) is 37.9 Å². The molecule has 1 saturated carbocycles. The molecule has 2 aromatic rings. The first kappa shape index (κ1) is 20.2. The van der Waals surface area contributed by atoms with Crippen LogP contribution in [0, 0.1) is 19.8 Å². The third-order valence-corrected chi connectivity index (χ3v) is 5.37. The van der Waals surface area contributed by atoms with E-state index < -0.39 is 0 Å². The van der Waals surface area contributed by atoms with E-state index >= 15 is 0 Å². The Morgan fingerprint density at radius 2 is 2.07 bits per heavy atom. The molecule has 1 aliphatic carbocycles. The van der Waals surface area contributed by atoms with Crippen LogP contribution >= 0.6 is 0 Å². The fourth-order valence-electron chi connectivity index (χ4n) is 3.36. The van der Waals surface area contributed by atoms with Crippen LogP contribution in [0.15, 0.2) is 29.3 Å². The molecule has 152 valence electrons. The Morgan fingerprint density at radius 1 is 1.32 bits per heavy atom. The van der Waals surface area contributed by atoms with E-state index in [1.165, 1.54) is 24.1 Å². The summed E-state index contributed by atoms with van der Waals surface area (Å²) in [6, 6.07) is 8.47. The molecule has 0 radical (unpaired) electrons. The van der Waals surface area contributed by atoms with E-state index in [-0.39, 0.29) is 6.04 Å². The summed E-state index contributed by atoms with van der Waals surface area (Å²) >= 11 is 0. The minimum Gasteiger partial charge on any atom is -0.493 e. The molecule has 0 aliphatic heterocycles. The number of hydrogen-bond acceptors (Lipinski definition) is 3. The van der Waals surface area contributed by atoms with Crippen molar-refractivity contribution in [1.82, 2.24) is 20.4 Å². The van der Waals surface area contributed by atoms with Crippen LogP contribution in [0.1, 0.15) is 42.3 Å². The Bertz CT molecular complexity index is 822. The van der Waals surface area contributed by atoms with Crippen molar-refractivity contribution in [3.63, 3.8) is 0 Å². The van der Waals surface area contributed by atoms with E-state index in [1.54, 1.807) is 7.05 Å². The van der Waals surface area contributed by atoms with Crippen molar-refractivity contribution >= 4 is 5.96 Å². The van der Waals surface area contributed by atoms with Crippen molar-refractivity contribution in [2.75, 3.05) is 13.7 Å². The van der Waals surface area contributed by atoms with Gasteiger partial charge in [-0.25, -0.2) is 0 Å². The highest BCUT2D eigenvalue weighted by molar-refractivity contribution is 5.80. The number of guanidine groups is 1. The monoisotopic (exact) mass is 383 g/mol. The van der Waals surface area contributed by atoms with Gasteiger partial charge in [0.25, 0.3) is 0 Å². The van der Waals surface area contributed by atoms with Crippen LogP contribution in [-0.4, -0.2) is 35.4 Å². The molecule has 1 aromatic carbocycles. The van der Waals surface area contributed by atoms with Gasteiger partial charge in [-0.1, -0.05) is 18.2 Å². The number of para-hydroxylation sites is 1. The molecule has 1 fully saturated rings. The maximum Gasteiger partial charge on any atom is 0.191 e. The number of benzene rings is 1. The molecule has 0 bridgehead atoms. The summed E-state index contributed by atoms with van der Waals surface area (Å²) in [4.78, 5) is 4.38. The molecular formula is C22H33N5O. The molecule has 1 atom stereocenters. The standard InChI is InChI=1S/C22H33N5O/c1-15(12-20-16(2)26-27(5)17(20)3)25-22(23-4)24-13-19-8-6-7-9-21(19)28-14-18-10-11-18/h6-9,15,18H,10-14H2,1-5H3,(H2,23,24,25). The zero-order valence-corrected chi connectivity index (χ0v) is 17.7. The van der Waals surface area contributed by atoms with E-state index in [0.717, 1.165) is 41.9 Å². The molecule has 6 nitrogen and oxygen atoms in total. The zero-order chi connectivity index (χ0) is 20.1. The number of nitrogens with zero attached hydrogens (tertiary/aromatic N) is 3. The maximum atomic E-state index is 6.01. The topological polar surface area (TPSA) is 63.5 Å². The Balaban J connectivity index is 1.54. The third kappa shape index (κ3) is 5.27. The number of ether oxygens (including phenoxy) is 1. The number of rotatable bonds is 8. The highest BCUT2D eigenvalue weighted by Crippen LogP contribution is 2.30. The van der Waals surface area contributed by atoms with E-state index in [1.807, 2.05) is 29.9 Å². The fraction of sp³-hybridized carbons (Fsp3) is 0.545. The Kier molecular flexibility index (Phi) is 6.60. The lowest BCUT2D eigenvalue weighted by Gasteiger charge is -2.19. The maximum absolute atomic E-state index is 6.01. The average Bonchev–Trinajstić information content (AvgIpc) is 3.48. The normalized spacial score (nSPS) is 15.4. The predicted octanol–water partition coefficient (Wildman–Crippen LogP) is 3.12.